The fourth-order valence-corrected chi connectivity index (χ4v) is 3.64. The molecule has 0 heterocycles. The van der Waals surface area contributed by atoms with Gasteiger partial charge in [-0.2, -0.15) is 0 Å². The van der Waals surface area contributed by atoms with Crippen LogP contribution in [0.25, 0.3) is 0 Å². The summed E-state index contributed by atoms with van der Waals surface area (Å²) in [5, 5.41) is 0. The third-order valence-electron chi connectivity index (χ3n) is 4.29. The van der Waals surface area contributed by atoms with Gasteiger partial charge in [0, 0.05) is 6.61 Å². The Hall–Kier alpha value is -0.300. The molecule has 0 aliphatic heterocycles. The van der Waals surface area contributed by atoms with Crippen molar-refractivity contribution >= 4 is 0 Å². The van der Waals surface area contributed by atoms with Crippen LogP contribution in [0.4, 0.5) is 0 Å². The largest absolute Gasteiger partial charge is 0.377 e. The van der Waals surface area contributed by atoms with Crippen LogP contribution in [0.15, 0.2) is 11.1 Å². The van der Waals surface area contributed by atoms with Crippen molar-refractivity contribution in [1.82, 2.24) is 0 Å². The van der Waals surface area contributed by atoms with E-state index in [0.717, 1.165) is 24.5 Å². The molecule has 0 unspecified atom stereocenters. The van der Waals surface area contributed by atoms with E-state index >= 15 is 0 Å². The molecule has 0 aromatic rings. The Morgan fingerprint density at radius 2 is 2.31 bits per heavy atom. The number of rotatable bonds is 3. The van der Waals surface area contributed by atoms with Crippen LogP contribution in [0.2, 0.25) is 0 Å². The molecule has 13 heavy (non-hydrogen) atoms. The molecule has 4 aliphatic rings. The van der Waals surface area contributed by atoms with Gasteiger partial charge < -0.3 is 4.74 Å². The van der Waals surface area contributed by atoms with Crippen molar-refractivity contribution in [3.63, 3.8) is 0 Å². The van der Waals surface area contributed by atoms with Crippen molar-refractivity contribution in [2.24, 2.45) is 11.3 Å². The molecule has 1 nitrogen and oxygen atoms in total. The van der Waals surface area contributed by atoms with E-state index in [1.807, 2.05) is 5.57 Å². The minimum Gasteiger partial charge on any atom is -0.377 e. The molecule has 0 aromatic carbocycles. The smallest absolute Gasteiger partial charge is 0.0679 e. The van der Waals surface area contributed by atoms with Gasteiger partial charge in [0.25, 0.3) is 0 Å². The van der Waals surface area contributed by atoms with Crippen molar-refractivity contribution in [1.29, 1.82) is 0 Å². The summed E-state index contributed by atoms with van der Waals surface area (Å²) in [6.45, 7) is 3.89. The van der Waals surface area contributed by atoms with Crippen LogP contribution in [0.5, 0.6) is 0 Å². The first-order chi connectivity index (χ1) is 6.34. The Morgan fingerprint density at radius 1 is 1.46 bits per heavy atom. The Balaban J connectivity index is 1.79. The molecule has 0 atom stereocenters. The molecule has 2 saturated carbocycles. The number of allylic oxidation sites excluding steroid dienone is 1. The van der Waals surface area contributed by atoms with Gasteiger partial charge in [-0.05, 0) is 55.9 Å². The van der Waals surface area contributed by atoms with E-state index in [1.165, 1.54) is 32.1 Å². The summed E-state index contributed by atoms with van der Waals surface area (Å²) >= 11 is 0. The number of ether oxygens (including phenoxy) is 1. The van der Waals surface area contributed by atoms with Gasteiger partial charge >= 0.3 is 0 Å². The fraction of sp³-hybridized carbons (Fsp3) is 0.833. The first-order valence-electron chi connectivity index (χ1n) is 5.63. The predicted molar refractivity (Wildman–Crippen MR) is 52.5 cm³/mol. The minimum absolute atomic E-state index is 0.731. The zero-order chi connectivity index (χ0) is 8.89. The van der Waals surface area contributed by atoms with E-state index < -0.39 is 0 Å². The Morgan fingerprint density at radius 3 is 2.92 bits per heavy atom. The number of hydrogen-bond donors (Lipinski definition) is 0. The monoisotopic (exact) mass is 178 g/mol. The number of fused-ring (bicyclic) bond motifs is 1. The average Bonchev–Trinajstić information content (AvgIpc) is 2.01. The van der Waals surface area contributed by atoms with Crippen molar-refractivity contribution in [3.8, 4) is 0 Å². The highest BCUT2D eigenvalue weighted by Gasteiger charge is 2.55. The van der Waals surface area contributed by atoms with Gasteiger partial charge in [-0.3, -0.25) is 0 Å². The quantitative estimate of drug-likeness (QED) is 0.604. The molecule has 72 valence electrons. The van der Waals surface area contributed by atoms with Gasteiger partial charge in [-0.25, -0.2) is 0 Å². The second-order valence-electron chi connectivity index (χ2n) is 4.98. The van der Waals surface area contributed by atoms with Crippen LogP contribution in [0.1, 0.15) is 39.0 Å². The van der Waals surface area contributed by atoms with Crippen LogP contribution in [-0.4, -0.2) is 13.2 Å². The molecular weight excluding hydrogens is 160 g/mol. The van der Waals surface area contributed by atoms with Crippen molar-refractivity contribution in [2.75, 3.05) is 13.2 Å². The lowest BCUT2D eigenvalue weighted by Gasteiger charge is -2.61. The third kappa shape index (κ3) is 0.969. The molecular formula is C12H18O. The normalized spacial score (nSPS) is 40.8. The van der Waals surface area contributed by atoms with Crippen LogP contribution in [-0.2, 0) is 4.74 Å². The summed E-state index contributed by atoms with van der Waals surface area (Å²) in [6, 6.07) is 0. The van der Waals surface area contributed by atoms with E-state index in [0.29, 0.717) is 0 Å². The maximum atomic E-state index is 5.53. The Kier molecular flexibility index (Phi) is 1.61. The minimum atomic E-state index is 0.731. The summed E-state index contributed by atoms with van der Waals surface area (Å²) in [6.07, 6.45) is 7.25. The Labute approximate surface area is 80.2 Å². The highest BCUT2D eigenvalue weighted by atomic mass is 16.5. The zero-order valence-electron chi connectivity index (χ0n) is 8.44. The molecule has 0 aromatic heterocycles. The molecule has 4 aliphatic carbocycles. The molecule has 0 amide bonds. The molecule has 1 heteroatoms. The lowest BCUT2D eigenvalue weighted by Crippen LogP contribution is -2.49. The summed E-state index contributed by atoms with van der Waals surface area (Å²) in [4.78, 5) is 0. The Bertz CT molecular complexity index is 258. The third-order valence-corrected chi connectivity index (χ3v) is 4.29. The second-order valence-corrected chi connectivity index (χ2v) is 4.98. The standard InChI is InChI=1S/C12H18O/c1-2-13-8-10-5-9-6-12(7-9)4-3-11(10)12/h9H,2-8H2,1H3. The van der Waals surface area contributed by atoms with Crippen LogP contribution in [0, 0.1) is 11.3 Å². The molecule has 0 saturated heterocycles. The summed E-state index contributed by atoms with van der Waals surface area (Å²) in [7, 11) is 0. The SMILES string of the molecule is CCOCC1=C2CCC23CC(C1)C3. The van der Waals surface area contributed by atoms with Gasteiger partial charge in [0.2, 0.25) is 0 Å². The maximum Gasteiger partial charge on any atom is 0.0679 e. The van der Waals surface area contributed by atoms with Crippen molar-refractivity contribution in [2.45, 2.75) is 39.0 Å². The summed E-state index contributed by atoms with van der Waals surface area (Å²) < 4.78 is 5.53. The topological polar surface area (TPSA) is 9.23 Å². The van der Waals surface area contributed by atoms with Crippen molar-refractivity contribution < 1.29 is 4.74 Å². The second kappa shape index (κ2) is 2.60. The molecule has 0 N–H and O–H groups in total. The van der Waals surface area contributed by atoms with Gasteiger partial charge in [-0.1, -0.05) is 5.57 Å². The maximum absolute atomic E-state index is 5.53. The van der Waals surface area contributed by atoms with Gasteiger partial charge in [0.1, 0.15) is 0 Å². The number of hydrogen-bond acceptors (Lipinski definition) is 1. The molecule has 0 radical (unpaired) electrons. The van der Waals surface area contributed by atoms with E-state index in [1.54, 1.807) is 5.57 Å². The highest BCUT2D eigenvalue weighted by Crippen LogP contribution is 2.67. The van der Waals surface area contributed by atoms with E-state index in [2.05, 4.69) is 6.92 Å². The summed E-state index contributed by atoms with van der Waals surface area (Å²) in [5.41, 5.74) is 4.22. The fourth-order valence-electron chi connectivity index (χ4n) is 3.64. The van der Waals surface area contributed by atoms with Gasteiger partial charge in [-0.15, -0.1) is 0 Å². The zero-order valence-corrected chi connectivity index (χ0v) is 8.44. The van der Waals surface area contributed by atoms with Crippen molar-refractivity contribution in [3.05, 3.63) is 11.1 Å². The van der Waals surface area contributed by atoms with Crippen LogP contribution >= 0.6 is 0 Å². The lowest BCUT2D eigenvalue weighted by molar-refractivity contribution is 0.0105. The first-order valence-corrected chi connectivity index (χ1v) is 5.63. The van der Waals surface area contributed by atoms with Gasteiger partial charge in [0.05, 0.1) is 6.61 Å². The molecule has 4 rings (SSSR count). The summed E-state index contributed by atoms with van der Waals surface area (Å²) in [5.74, 6) is 1.03. The molecule has 2 fully saturated rings. The first kappa shape index (κ1) is 8.05. The lowest BCUT2D eigenvalue weighted by atomic mass is 9.44. The van der Waals surface area contributed by atoms with E-state index in [9.17, 15) is 0 Å². The van der Waals surface area contributed by atoms with E-state index in [-0.39, 0.29) is 0 Å². The molecule has 2 bridgehead atoms. The van der Waals surface area contributed by atoms with Crippen LogP contribution < -0.4 is 0 Å². The van der Waals surface area contributed by atoms with Crippen LogP contribution in [0.3, 0.4) is 0 Å². The average molecular weight is 178 g/mol. The van der Waals surface area contributed by atoms with E-state index in [4.69, 9.17) is 4.74 Å². The highest BCUT2D eigenvalue weighted by molar-refractivity contribution is 5.37. The molecule has 1 spiro atoms. The predicted octanol–water partition coefficient (Wildman–Crippen LogP) is 2.91. The van der Waals surface area contributed by atoms with Gasteiger partial charge in [0.15, 0.2) is 0 Å².